The van der Waals surface area contributed by atoms with Crippen LogP contribution in [0.1, 0.15) is 387 Å². The van der Waals surface area contributed by atoms with Gasteiger partial charge in [0.1, 0.15) is 13.2 Å². The topological polar surface area (TPSA) is 78.9 Å². The van der Waals surface area contributed by atoms with Crippen molar-refractivity contribution in [2.24, 2.45) is 0 Å². The van der Waals surface area contributed by atoms with Crippen LogP contribution in [0.2, 0.25) is 0 Å². The van der Waals surface area contributed by atoms with Gasteiger partial charge in [0.25, 0.3) is 0 Å². The first-order valence-electron chi connectivity index (χ1n) is 35.6. The molecule has 0 saturated carbocycles. The zero-order valence-corrected chi connectivity index (χ0v) is 53.9. The van der Waals surface area contributed by atoms with Gasteiger partial charge in [0, 0.05) is 19.3 Å². The highest BCUT2D eigenvalue weighted by Crippen LogP contribution is 2.19. The normalized spacial score (nSPS) is 12.3. The van der Waals surface area contributed by atoms with Crippen molar-refractivity contribution in [2.45, 2.75) is 393 Å². The van der Waals surface area contributed by atoms with Crippen molar-refractivity contribution in [2.75, 3.05) is 13.2 Å². The Labute approximate surface area is 498 Å². The van der Waals surface area contributed by atoms with Gasteiger partial charge in [0.2, 0.25) is 0 Å². The van der Waals surface area contributed by atoms with Crippen LogP contribution in [-0.4, -0.2) is 37.2 Å². The first-order chi connectivity index (χ1) is 39.5. The lowest BCUT2D eigenvalue weighted by molar-refractivity contribution is -0.167. The number of rotatable bonds is 66. The van der Waals surface area contributed by atoms with Crippen molar-refractivity contribution in [1.82, 2.24) is 0 Å². The lowest BCUT2D eigenvalue weighted by Gasteiger charge is -2.18. The smallest absolute Gasteiger partial charge is 0.306 e. The molecular formula is C74H136O6. The lowest BCUT2D eigenvalue weighted by atomic mass is 10.0. The van der Waals surface area contributed by atoms with E-state index in [2.05, 4.69) is 69.4 Å². The molecule has 1 unspecified atom stereocenters. The van der Waals surface area contributed by atoms with E-state index in [1.54, 1.807) is 0 Å². The highest BCUT2D eigenvalue weighted by molar-refractivity contribution is 5.71. The summed E-state index contributed by atoms with van der Waals surface area (Å²) in [5.74, 6) is -0.886. The molecular weight excluding hydrogens is 985 g/mol. The largest absolute Gasteiger partial charge is 0.462 e. The number of hydrogen-bond acceptors (Lipinski definition) is 6. The summed E-state index contributed by atoms with van der Waals surface area (Å²) in [4.78, 5) is 38.3. The molecule has 0 rings (SSSR count). The van der Waals surface area contributed by atoms with E-state index in [9.17, 15) is 14.4 Å². The standard InChI is InChI=1S/C74H136O6/c1-4-7-10-13-16-19-22-25-28-30-31-32-33-34-35-36-37-38-39-40-41-42-43-44-45-47-49-52-55-58-61-64-67-73(76)79-70-71(69-78-72(75)66-63-60-57-54-51-48-27-24-21-18-15-12-9-6-3)80-74(77)68-65-62-59-56-53-50-46-29-26-23-20-17-14-11-8-5-2/h15,18,20,23-24,27,29,46,71H,4-14,16-17,19,21-22,25-26,28,30-45,47-70H2,1-3H3/b18-15-,23-20-,27-24-,46-29-. The monoisotopic (exact) mass is 1120 g/mol. The SMILES string of the molecule is CCCC/C=C\C/C=C\CCCCCCCC(=O)OCC(COC(=O)CCCCCCCCCCCCCCCCCCCCCCCCCCCCCCCCCC)OC(=O)CCCCCCC/C=C\C/C=C\CCCCCC. The quantitative estimate of drug-likeness (QED) is 0.0261. The second kappa shape index (κ2) is 68.9. The number of ether oxygens (including phenoxy) is 3. The molecule has 0 fully saturated rings. The second-order valence-electron chi connectivity index (χ2n) is 24.1. The van der Waals surface area contributed by atoms with E-state index in [1.165, 1.54) is 244 Å². The minimum Gasteiger partial charge on any atom is -0.462 e. The molecule has 0 N–H and O–H groups in total. The molecule has 0 amide bonds. The molecule has 0 aromatic rings. The van der Waals surface area contributed by atoms with E-state index < -0.39 is 6.10 Å². The summed E-state index contributed by atoms with van der Waals surface area (Å²) in [6, 6.07) is 0. The fourth-order valence-corrected chi connectivity index (χ4v) is 10.7. The summed E-state index contributed by atoms with van der Waals surface area (Å²) in [7, 11) is 0. The van der Waals surface area contributed by atoms with Gasteiger partial charge in [0.15, 0.2) is 6.10 Å². The molecule has 0 aliphatic heterocycles. The Morgan fingerprint density at radius 1 is 0.250 bits per heavy atom. The Hall–Kier alpha value is -2.63. The van der Waals surface area contributed by atoms with Gasteiger partial charge in [0.05, 0.1) is 0 Å². The van der Waals surface area contributed by atoms with Crippen LogP contribution in [0, 0.1) is 0 Å². The van der Waals surface area contributed by atoms with Crippen LogP contribution in [0.15, 0.2) is 48.6 Å². The molecule has 1 atom stereocenters. The Kier molecular flexibility index (Phi) is 66.6. The van der Waals surface area contributed by atoms with Gasteiger partial charge >= 0.3 is 17.9 Å². The molecule has 0 radical (unpaired) electrons. The zero-order valence-electron chi connectivity index (χ0n) is 53.9. The predicted octanol–water partition coefficient (Wildman–Crippen LogP) is 24.5. The zero-order chi connectivity index (χ0) is 57.8. The molecule has 0 aromatic heterocycles. The van der Waals surface area contributed by atoms with Crippen LogP contribution in [0.25, 0.3) is 0 Å². The van der Waals surface area contributed by atoms with E-state index in [4.69, 9.17) is 14.2 Å². The van der Waals surface area contributed by atoms with E-state index in [1.807, 2.05) is 0 Å². The third kappa shape index (κ3) is 66.2. The molecule has 0 aliphatic carbocycles. The number of unbranched alkanes of at least 4 members (excludes halogenated alkanes) is 47. The van der Waals surface area contributed by atoms with Gasteiger partial charge in [-0.3, -0.25) is 14.4 Å². The average Bonchev–Trinajstić information content (AvgIpc) is 3.46. The van der Waals surface area contributed by atoms with Crippen molar-refractivity contribution in [1.29, 1.82) is 0 Å². The van der Waals surface area contributed by atoms with Crippen LogP contribution >= 0.6 is 0 Å². The third-order valence-corrected chi connectivity index (χ3v) is 16.1. The minimum absolute atomic E-state index is 0.0800. The number of allylic oxidation sites excluding steroid dienone is 8. The predicted molar refractivity (Wildman–Crippen MR) is 349 cm³/mol. The molecule has 6 nitrogen and oxygen atoms in total. The Balaban J connectivity index is 4.14. The molecule has 0 heterocycles. The lowest BCUT2D eigenvalue weighted by Crippen LogP contribution is -2.30. The summed E-state index contributed by atoms with van der Waals surface area (Å²) in [6.07, 6.45) is 87.3. The van der Waals surface area contributed by atoms with Gasteiger partial charge < -0.3 is 14.2 Å². The van der Waals surface area contributed by atoms with Crippen molar-refractivity contribution in [3.63, 3.8) is 0 Å². The van der Waals surface area contributed by atoms with Gasteiger partial charge in [-0.05, 0) is 77.0 Å². The average molecular weight is 1120 g/mol. The maximum absolute atomic E-state index is 12.9. The van der Waals surface area contributed by atoms with E-state index in [0.29, 0.717) is 19.3 Å². The van der Waals surface area contributed by atoms with E-state index in [0.717, 1.165) is 103 Å². The Bertz CT molecular complexity index is 1380. The molecule has 0 spiro atoms. The Morgan fingerprint density at radius 3 is 0.738 bits per heavy atom. The van der Waals surface area contributed by atoms with Crippen LogP contribution in [0.3, 0.4) is 0 Å². The van der Waals surface area contributed by atoms with Gasteiger partial charge in [-0.25, -0.2) is 0 Å². The summed E-state index contributed by atoms with van der Waals surface area (Å²) in [6.45, 7) is 6.62. The maximum atomic E-state index is 12.9. The first-order valence-corrected chi connectivity index (χ1v) is 35.6. The van der Waals surface area contributed by atoms with Gasteiger partial charge in [-0.1, -0.05) is 339 Å². The van der Waals surface area contributed by atoms with Crippen molar-refractivity contribution in [3.05, 3.63) is 48.6 Å². The van der Waals surface area contributed by atoms with Crippen LogP contribution in [-0.2, 0) is 28.6 Å². The van der Waals surface area contributed by atoms with Crippen molar-refractivity contribution in [3.8, 4) is 0 Å². The minimum atomic E-state index is -0.786. The van der Waals surface area contributed by atoms with Crippen molar-refractivity contribution < 1.29 is 28.6 Å². The number of esters is 3. The summed E-state index contributed by atoms with van der Waals surface area (Å²) >= 11 is 0. The van der Waals surface area contributed by atoms with E-state index >= 15 is 0 Å². The number of hydrogen-bond donors (Lipinski definition) is 0. The highest BCUT2D eigenvalue weighted by Gasteiger charge is 2.19. The molecule has 6 heteroatoms. The maximum Gasteiger partial charge on any atom is 0.306 e. The fraction of sp³-hybridized carbons (Fsp3) is 0.851. The molecule has 468 valence electrons. The molecule has 0 bridgehead atoms. The van der Waals surface area contributed by atoms with Gasteiger partial charge in [-0.2, -0.15) is 0 Å². The number of carbonyl (C=O) groups is 3. The van der Waals surface area contributed by atoms with Crippen LogP contribution < -0.4 is 0 Å². The molecule has 0 aliphatic rings. The van der Waals surface area contributed by atoms with Crippen LogP contribution in [0.4, 0.5) is 0 Å². The molecule has 0 aromatic carbocycles. The highest BCUT2D eigenvalue weighted by atomic mass is 16.6. The Morgan fingerprint density at radius 2 is 0.463 bits per heavy atom. The summed E-state index contributed by atoms with van der Waals surface area (Å²) in [5.41, 5.74) is 0. The summed E-state index contributed by atoms with van der Waals surface area (Å²) < 4.78 is 16.9. The second-order valence-corrected chi connectivity index (χ2v) is 24.1. The molecule has 0 saturated heterocycles. The van der Waals surface area contributed by atoms with Crippen molar-refractivity contribution >= 4 is 17.9 Å². The third-order valence-electron chi connectivity index (χ3n) is 16.1. The number of carbonyl (C=O) groups excluding carboxylic acids is 3. The first kappa shape index (κ1) is 77.4. The fourth-order valence-electron chi connectivity index (χ4n) is 10.7. The summed E-state index contributed by atoms with van der Waals surface area (Å²) in [5, 5.41) is 0. The molecule has 80 heavy (non-hydrogen) atoms. The van der Waals surface area contributed by atoms with Gasteiger partial charge in [-0.15, -0.1) is 0 Å². The van der Waals surface area contributed by atoms with Crippen LogP contribution in [0.5, 0.6) is 0 Å². The van der Waals surface area contributed by atoms with E-state index in [-0.39, 0.29) is 31.1 Å².